The number of imidazole rings is 1. The SMILES string of the molecule is CCCn1c(CCc2ccccc2NC(=O)Cc2ccccc2Cl)nc2ccccc21. The summed E-state index contributed by atoms with van der Waals surface area (Å²) in [6.07, 6.45) is 2.92. The number of halogens is 1. The molecule has 1 aromatic heterocycles. The molecule has 0 spiro atoms. The second-order valence-corrected chi connectivity index (χ2v) is 8.05. The van der Waals surface area contributed by atoms with Crippen LogP contribution in [0, 0.1) is 0 Å². The van der Waals surface area contributed by atoms with Crippen LogP contribution in [0.25, 0.3) is 11.0 Å². The maximum absolute atomic E-state index is 12.6. The molecule has 0 unspecified atom stereocenters. The maximum Gasteiger partial charge on any atom is 0.228 e. The fourth-order valence-corrected chi connectivity index (χ4v) is 4.11. The zero-order chi connectivity index (χ0) is 21.6. The first-order valence-corrected chi connectivity index (χ1v) is 11.1. The summed E-state index contributed by atoms with van der Waals surface area (Å²) >= 11 is 6.20. The number of nitrogens with one attached hydrogen (secondary N) is 1. The van der Waals surface area contributed by atoms with Gasteiger partial charge in [-0.3, -0.25) is 4.79 Å². The van der Waals surface area contributed by atoms with E-state index in [1.54, 1.807) is 6.07 Å². The molecule has 0 saturated carbocycles. The largest absolute Gasteiger partial charge is 0.328 e. The van der Waals surface area contributed by atoms with Gasteiger partial charge in [0, 0.05) is 23.7 Å². The minimum atomic E-state index is -0.0706. The molecule has 1 heterocycles. The van der Waals surface area contributed by atoms with Crippen LogP contribution in [-0.2, 0) is 30.6 Å². The Hall–Kier alpha value is -3.11. The van der Waals surface area contributed by atoms with E-state index in [0.29, 0.717) is 5.02 Å². The van der Waals surface area contributed by atoms with Crippen LogP contribution in [0.2, 0.25) is 5.02 Å². The third kappa shape index (κ3) is 4.97. The minimum absolute atomic E-state index is 0.0706. The summed E-state index contributed by atoms with van der Waals surface area (Å²) in [5.74, 6) is 1.01. The van der Waals surface area contributed by atoms with Gasteiger partial charge >= 0.3 is 0 Å². The summed E-state index contributed by atoms with van der Waals surface area (Å²) in [5.41, 5.74) is 4.99. The number of para-hydroxylation sites is 3. The van der Waals surface area contributed by atoms with E-state index >= 15 is 0 Å². The van der Waals surface area contributed by atoms with Gasteiger partial charge in [0.2, 0.25) is 5.91 Å². The van der Waals surface area contributed by atoms with Gasteiger partial charge in [0.25, 0.3) is 0 Å². The zero-order valence-corrected chi connectivity index (χ0v) is 18.4. The first kappa shape index (κ1) is 21.1. The van der Waals surface area contributed by atoms with Crippen molar-refractivity contribution < 1.29 is 4.79 Å². The minimum Gasteiger partial charge on any atom is -0.328 e. The predicted molar refractivity (Wildman–Crippen MR) is 128 cm³/mol. The summed E-state index contributed by atoms with van der Waals surface area (Å²) in [5, 5.41) is 3.68. The Morgan fingerprint density at radius 2 is 1.65 bits per heavy atom. The number of nitrogens with zero attached hydrogens (tertiary/aromatic N) is 2. The molecule has 0 aliphatic heterocycles. The van der Waals surface area contributed by atoms with Gasteiger partial charge in [-0.1, -0.05) is 67.1 Å². The van der Waals surface area contributed by atoms with E-state index in [2.05, 4.69) is 41.1 Å². The Bertz CT molecular complexity index is 1200. The molecule has 0 aliphatic rings. The fraction of sp³-hybridized carbons (Fsp3) is 0.231. The molecule has 0 radical (unpaired) electrons. The smallest absolute Gasteiger partial charge is 0.228 e. The molecule has 3 aromatic carbocycles. The number of fused-ring (bicyclic) bond motifs is 1. The number of anilines is 1. The third-order valence-electron chi connectivity index (χ3n) is 5.40. The Labute approximate surface area is 187 Å². The highest BCUT2D eigenvalue weighted by molar-refractivity contribution is 6.31. The monoisotopic (exact) mass is 431 g/mol. The fourth-order valence-electron chi connectivity index (χ4n) is 3.91. The van der Waals surface area contributed by atoms with E-state index in [1.807, 2.05) is 42.5 Å². The summed E-state index contributed by atoms with van der Waals surface area (Å²) in [7, 11) is 0. The molecular weight excluding hydrogens is 406 g/mol. The molecule has 4 nitrogen and oxygen atoms in total. The van der Waals surface area contributed by atoms with Crippen molar-refractivity contribution >= 4 is 34.2 Å². The van der Waals surface area contributed by atoms with Crippen molar-refractivity contribution in [3.8, 4) is 0 Å². The third-order valence-corrected chi connectivity index (χ3v) is 5.77. The first-order chi connectivity index (χ1) is 15.2. The van der Waals surface area contributed by atoms with Gasteiger partial charge in [-0.05, 0) is 48.2 Å². The molecule has 0 aliphatic carbocycles. The van der Waals surface area contributed by atoms with Crippen molar-refractivity contribution in [2.45, 2.75) is 39.2 Å². The molecule has 0 saturated heterocycles. The van der Waals surface area contributed by atoms with Crippen molar-refractivity contribution in [3.05, 3.63) is 94.8 Å². The summed E-state index contributed by atoms with van der Waals surface area (Å²) in [4.78, 5) is 17.5. The standard InChI is InChI=1S/C26H26ClN3O/c1-2-17-30-24-14-8-7-13-23(24)28-25(30)16-15-19-9-4-6-12-22(19)29-26(31)18-20-10-3-5-11-21(20)27/h3-14H,2,15-18H2,1H3,(H,29,31). The van der Waals surface area contributed by atoms with E-state index < -0.39 is 0 Å². The van der Waals surface area contributed by atoms with Crippen molar-refractivity contribution in [1.82, 2.24) is 9.55 Å². The highest BCUT2D eigenvalue weighted by Crippen LogP contribution is 2.22. The molecule has 4 aromatic rings. The van der Waals surface area contributed by atoms with Crippen LogP contribution in [0.4, 0.5) is 5.69 Å². The van der Waals surface area contributed by atoms with E-state index in [-0.39, 0.29) is 12.3 Å². The Kier molecular flexibility index (Phi) is 6.68. The van der Waals surface area contributed by atoms with Crippen LogP contribution >= 0.6 is 11.6 Å². The predicted octanol–water partition coefficient (Wildman–Crippen LogP) is 6.07. The quantitative estimate of drug-likeness (QED) is 0.368. The zero-order valence-electron chi connectivity index (χ0n) is 17.6. The normalized spacial score (nSPS) is 11.0. The average Bonchev–Trinajstić information content (AvgIpc) is 3.12. The number of benzene rings is 3. The summed E-state index contributed by atoms with van der Waals surface area (Å²) in [6, 6.07) is 23.7. The van der Waals surface area contributed by atoms with Crippen LogP contribution < -0.4 is 5.32 Å². The van der Waals surface area contributed by atoms with Gasteiger partial charge in [0.1, 0.15) is 5.82 Å². The number of hydrogen-bond acceptors (Lipinski definition) is 2. The number of amides is 1. The van der Waals surface area contributed by atoms with Crippen molar-refractivity contribution in [1.29, 1.82) is 0 Å². The Morgan fingerprint density at radius 3 is 2.45 bits per heavy atom. The topological polar surface area (TPSA) is 46.9 Å². The molecule has 1 N–H and O–H groups in total. The van der Waals surface area contributed by atoms with E-state index in [4.69, 9.17) is 16.6 Å². The first-order valence-electron chi connectivity index (χ1n) is 10.7. The second-order valence-electron chi connectivity index (χ2n) is 7.64. The molecule has 0 fully saturated rings. The van der Waals surface area contributed by atoms with E-state index in [1.165, 1.54) is 5.52 Å². The highest BCUT2D eigenvalue weighted by Gasteiger charge is 2.13. The Morgan fingerprint density at radius 1 is 0.935 bits per heavy atom. The highest BCUT2D eigenvalue weighted by atomic mass is 35.5. The Balaban J connectivity index is 1.49. The summed E-state index contributed by atoms with van der Waals surface area (Å²) < 4.78 is 2.31. The molecule has 5 heteroatoms. The van der Waals surface area contributed by atoms with Gasteiger partial charge in [-0.25, -0.2) is 4.98 Å². The van der Waals surface area contributed by atoms with Gasteiger partial charge < -0.3 is 9.88 Å². The van der Waals surface area contributed by atoms with Crippen LogP contribution in [0.15, 0.2) is 72.8 Å². The van der Waals surface area contributed by atoms with Crippen LogP contribution in [0.5, 0.6) is 0 Å². The lowest BCUT2D eigenvalue weighted by Crippen LogP contribution is -2.16. The number of carbonyl (C=O) groups is 1. The molecule has 158 valence electrons. The van der Waals surface area contributed by atoms with Gasteiger partial charge in [0.05, 0.1) is 17.5 Å². The van der Waals surface area contributed by atoms with Crippen LogP contribution in [-0.4, -0.2) is 15.5 Å². The average molecular weight is 432 g/mol. The van der Waals surface area contributed by atoms with Gasteiger partial charge in [0.15, 0.2) is 0 Å². The van der Waals surface area contributed by atoms with Gasteiger partial charge in [-0.15, -0.1) is 0 Å². The number of hydrogen-bond donors (Lipinski definition) is 1. The van der Waals surface area contributed by atoms with Crippen LogP contribution in [0.1, 0.15) is 30.3 Å². The number of aryl methyl sites for hydroxylation is 3. The molecule has 0 bridgehead atoms. The van der Waals surface area contributed by atoms with Crippen LogP contribution in [0.3, 0.4) is 0 Å². The van der Waals surface area contributed by atoms with E-state index in [0.717, 1.165) is 54.0 Å². The summed E-state index contributed by atoms with van der Waals surface area (Å²) in [6.45, 7) is 3.13. The number of rotatable bonds is 8. The van der Waals surface area contributed by atoms with Crippen molar-refractivity contribution in [3.63, 3.8) is 0 Å². The molecule has 4 rings (SSSR count). The van der Waals surface area contributed by atoms with Crippen molar-refractivity contribution in [2.75, 3.05) is 5.32 Å². The lowest BCUT2D eigenvalue weighted by Gasteiger charge is -2.12. The molecule has 1 amide bonds. The molecule has 0 atom stereocenters. The number of aromatic nitrogens is 2. The van der Waals surface area contributed by atoms with Crippen molar-refractivity contribution in [2.24, 2.45) is 0 Å². The molecule has 31 heavy (non-hydrogen) atoms. The molecular formula is C26H26ClN3O. The lowest BCUT2D eigenvalue weighted by molar-refractivity contribution is -0.115. The van der Waals surface area contributed by atoms with Gasteiger partial charge in [-0.2, -0.15) is 0 Å². The lowest BCUT2D eigenvalue weighted by atomic mass is 10.1. The maximum atomic E-state index is 12.6. The second kappa shape index (κ2) is 9.80. The van der Waals surface area contributed by atoms with E-state index in [9.17, 15) is 4.79 Å². The number of carbonyl (C=O) groups excluding carboxylic acids is 1.